The summed E-state index contributed by atoms with van der Waals surface area (Å²) in [5.41, 5.74) is 6.48. The maximum atomic E-state index is 14.5. The van der Waals surface area contributed by atoms with Crippen LogP contribution in [0.3, 0.4) is 0 Å². The van der Waals surface area contributed by atoms with Crippen molar-refractivity contribution in [1.82, 2.24) is 30.4 Å². The number of nitrogens with one attached hydrogen (secondary N) is 3. The lowest BCUT2D eigenvalue weighted by Crippen LogP contribution is -2.57. The van der Waals surface area contributed by atoms with Gasteiger partial charge in [0.25, 0.3) is 11.8 Å². The van der Waals surface area contributed by atoms with E-state index in [0.29, 0.717) is 79.9 Å². The molecule has 0 radical (unpaired) electrons. The number of amides is 4. The average molecular weight is 1050 g/mol. The van der Waals surface area contributed by atoms with Crippen molar-refractivity contribution in [3.63, 3.8) is 0 Å². The molecule has 1 saturated carbocycles. The summed E-state index contributed by atoms with van der Waals surface area (Å²) in [6.07, 6.45) is 6.00. The fourth-order valence-electron chi connectivity index (χ4n) is 9.74. The van der Waals surface area contributed by atoms with E-state index in [0.717, 1.165) is 62.0 Å². The number of ether oxygens (including phenoxy) is 3. The summed E-state index contributed by atoms with van der Waals surface area (Å²) >= 11 is 4.46. The third-order valence-electron chi connectivity index (χ3n) is 14.1. The summed E-state index contributed by atoms with van der Waals surface area (Å²) in [6.45, 7) is 14.8. The van der Waals surface area contributed by atoms with Gasteiger partial charge < -0.3 is 39.8 Å². The van der Waals surface area contributed by atoms with Gasteiger partial charge in [-0.3, -0.25) is 24.5 Å². The van der Waals surface area contributed by atoms with Crippen LogP contribution in [0.15, 0.2) is 81.5 Å². The molecule has 5 aromatic rings. The monoisotopic (exact) mass is 1050 g/mol. The summed E-state index contributed by atoms with van der Waals surface area (Å²) in [5, 5.41) is 21.0. The number of rotatable bonds is 16. The van der Waals surface area contributed by atoms with Crippen LogP contribution in [0.2, 0.25) is 0 Å². The van der Waals surface area contributed by atoms with Crippen LogP contribution in [0.25, 0.3) is 10.4 Å². The molecule has 4 amide bonds. The minimum absolute atomic E-state index is 0.0196. The second kappa shape index (κ2) is 24.3. The quantitative estimate of drug-likeness (QED) is 0.0736. The highest BCUT2D eigenvalue weighted by atomic mass is 32.2. The Balaban J connectivity index is 0.819. The fraction of sp³-hybridized carbons (Fsp3) is 0.491. The molecule has 73 heavy (non-hydrogen) atoms. The van der Waals surface area contributed by atoms with Gasteiger partial charge in [0.05, 0.1) is 64.6 Å². The first-order valence-electron chi connectivity index (χ1n) is 25.3. The van der Waals surface area contributed by atoms with Gasteiger partial charge in [-0.05, 0) is 118 Å². The second-order valence-corrected chi connectivity index (χ2v) is 23.7. The molecule has 4 heterocycles. The zero-order chi connectivity index (χ0) is 51.8. The molecule has 0 spiro atoms. The van der Waals surface area contributed by atoms with E-state index in [4.69, 9.17) is 14.2 Å². The molecule has 3 fully saturated rings. The molecule has 3 aromatic carbocycles. The van der Waals surface area contributed by atoms with Crippen LogP contribution in [0, 0.1) is 25.2 Å². The number of anilines is 1. The topological polar surface area (TPSA) is 185 Å². The predicted octanol–water partition coefficient (Wildman–Crippen LogP) is 9.33. The van der Waals surface area contributed by atoms with E-state index in [1.54, 1.807) is 58.7 Å². The molecule has 2 saturated heterocycles. The van der Waals surface area contributed by atoms with Gasteiger partial charge in [-0.25, -0.2) is 9.97 Å². The molecule has 0 bridgehead atoms. The van der Waals surface area contributed by atoms with Crippen molar-refractivity contribution in [3.8, 4) is 21.9 Å². The highest BCUT2D eigenvalue weighted by molar-refractivity contribution is 8.01. The zero-order valence-electron chi connectivity index (χ0n) is 42.9. The largest absolute Gasteiger partial charge is 0.496 e. The van der Waals surface area contributed by atoms with Crippen LogP contribution in [-0.4, -0.2) is 119 Å². The molecular formula is C55H69N7O8S3. The Morgan fingerprint density at radius 2 is 1.70 bits per heavy atom. The van der Waals surface area contributed by atoms with Crippen molar-refractivity contribution < 1.29 is 38.5 Å². The van der Waals surface area contributed by atoms with Crippen LogP contribution >= 0.6 is 34.4 Å². The molecule has 390 valence electrons. The number of hydrogen-bond donors (Lipinski definition) is 4. The lowest BCUT2D eigenvalue weighted by molar-refractivity contribution is -0.141. The van der Waals surface area contributed by atoms with E-state index in [1.165, 1.54) is 23.1 Å². The number of likely N-dealkylation sites (tertiary alicyclic amines) is 1. The summed E-state index contributed by atoms with van der Waals surface area (Å²) < 4.78 is 18.3. The molecule has 15 nitrogen and oxygen atoms in total. The third kappa shape index (κ3) is 13.7. The Morgan fingerprint density at radius 3 is 2.40 bits per heavy atom. The van der Waals surface area contributed by atoms with E-state index in [9.17, 15) is 24.3 Å². The lowest BCUT2D eigenvalue weighted by Gasteiger charge is -2.37. The number of carbonyl (C=O) groups is 4. The van der Waals surface area contributed by atoms with Crippen LogP contribution in [0.4, 0.5) is 5.13 Å². The summed E-state index contributed by atoms with van der Waals surface area (Å²) in [6, 6.07) is 18.3. The standard InChI is InChI=1S/C55H69N7O8S3/c1-33-26-45(68-7)44(52(66)61-22-24-69-25-23-61)28-46(33)72-47-30-57-54(73-47)60-51(65)39-17-20-43(21-18-39)70-42-11-9-8-10-38(16-19-42)50(64)59-49(55(4,5)6)53(67)62-31-41(63)27-40(62)29-56-34(2)36-12-14-37(15-13-36)48-35(3)58-32-71-48/h12-15,17-18,20-21,26,28,30,32,34,38,40-42,49,56,63H,8-11,16,19,22-25,27,29,31H2,1-7H3,(H,59,64)(H,57,60,65)/t34-,38?,40-,41+,42?,49+/m0/s1. The van der Waals surface area contributed by atoms with E-state index >= 15 is 0 Å². The Morgan fingerprint density at radius 1 is 0.959 bits per heavy atom. The van der Waals surface area contributed by atoms with Crippen LogP contribution in [-0.2, 0) is 14.3 Å². The number of aliphatic hydroxyl groups excluding tert-OH is 1. The number of thiazole rings is 2. The molecule has 8 rings (SSSR count). The predicted molar refractivity (Wildman–Crippen MR) is 287 cm³/mol. The third-order valence-corrected chi connectivity index (χ3v) is 17.2. The molecule has 2 unspecified atom stereocenters. The second-order valence-electron chi connectivity index (χ2n) is 20.4. The van der Waals surface area contributed by atoms with Crippen molar-refractivity contribution in [2.24, 2.45) is 11.3 Å². The Kier molecular flexibility index (Phi) is 18.0. The van der Waals surface area contributed by atoms with E-state index in [1.807, 2.05) is 52.3 Å². The zero-order valence-corrected chi connectivity index (χ0v) is 45.4. The maximum Gasteiger partial charge on any atom is 0.257 e. The van der Waals surface area contributed by atoms with E-state index in [-0.39, 0.29) is 54.3 Å². The number of carbonyl (C=O) groups excluding carboxylic acids is 4. The number of benzene rings is 3. The smallest absolute Gasteiger partial charge is 0.257 e. The molecule has 4 N–H and O–H groups in total. The van der Waals surface area contributed by atoms with Crippen LogP contribution in [0.1, 0.15) is 116 Å². The van der Waals surface area contributed by atoms with Crippen molar-refractivity contribution in [1.29, 1.82) is 0 Å². The SMILES string of the molecule is COc1cc(C)c(Sc2cnc(NC(=O)c3ccc(OC4CCCCC(C(=O)N[C@H](C(=O)N5C[C@H](O)C[C@H]5CN[C@@H](C)c5ccc(-c6scnc6C)cc5)C(C)(C)C)CC4)cc3)s2)cc1C(=O)N1CCOCC1. The summed E-state index contributed by atoms with van der Waals surface area (Å²) in [7, 11) is 1.56. The van der Waals surface area contributed by atoms with E-state index < -0.39 is 17.6 Å². The fourth-order valence-corrected chi connectivity index (χ4v) is 12.5. The highest BCUT2D eigenvalue weighted by Crippen LogP contribution is 2.39. The van der Waals surface area contributed by atoms with Gasteiger partial charge in [-0.2, -0.15) is 0 Å². The van der Waals surface area contributed by atoms with Crippen molar-refractivity contribution in [3.05, 3.63) is 100 Å². The molecule has 2 aliphatic heterocycles. The van der Waals surface area contributed by atoms with Gasteiger partial charge in [-0.1, -0.05) is 74.6 Å². The van der Waals surface area contributed by atoms with Crippen LogP contribution < -0.4 is 25.4 Å². The summed E-state index contributed by atoms with van der Waals surface area (Å²) in [4.78, 5) is 69.8. The first-order chi connectivity index (χ1) is 35.0. The maximum absolute atomic E-state index is 14.5. The van der Waals surface area contributed by atoms with Gasteiger partial charge in [0, 0.05) is 54.6 Å². The lowest BCUT2D eigenvalue weighted by atomic mass is 9.84. The van der Waals surface area contributed by atoms with Crippen molar-refractivity contribution in [2.45, 2.75) is 126 Å². The van der Waals surface area contributed by atoms with Crippen LogP contribution in [0.5, 0.6) is 11.5 Å². The number of aryl methyl sites for hydroxylation is 2. The van der Waals surface area contributed by atoms with Crippen molar-refractivity contribution >= 4 is 63.2 Å². The number of aliphatic hydroxyl groups is 1. The summed E-state index contributed by atoms with van der Waals surface area (Å²) in [5.74, 6) is 0.187. The number of β-amino-alcohol motifs (C(OH)–C–C–N with tert-alkyl or cyclic N) is 1. The molecule has 6 atom stereocenters. The molecule has 2 aromatic heterocycles. The van der Waals surface area contributed by atoms with E-state index in [2.05, 4.69) is 57.1 Å². The first-order valence-corrected chi connectivity index (χ1v) is 27.9. The Labute approximate surface area is 441 Å². The minimum atomic E-state index is -0.770. The number of nitrogens with zero attached hydrogens (tertiary/aromatic N) is 4. The number of methoxy groups -OCH3 is 1. The Bertz CT molecular complexity index is 2700. The van der Waals surface area contributed by atoms with Gasteiger partial charge >= 0.3 is 0 Å². The number of morpholine rings is 1. The molecular weight excluding hydrogens is 983 g/mol. The van der Waals surface area contributed by atoms with Gasteiger partial charge in [0.15, 0.2) is 5.13 Å². The van der Waals surface area contributed by atoms with Gasteiger partial charge in [0.2, 0.25) is 11.8 Å². The van der Waals surface area contributed by atoms with Gasteiger partial charge in [-0.15, -0.1) is 11.3 Å². The van der Waals surface area contributed by atoms with Crippen molar-refractivity contribution in [2.75, 3.05) is 51.8 Å². The Hall–Kier alpha value is -5.37. The highest BCUT2D eigenvalue weighted by Gasteiger charge is 2.43. The molecule has 3 aliphatic rings. The molecule has 18 heteroatoms. The minimum Gasteiger partial charge on any atom is -0.496 e. The number of hydrogen-bond acceptors (Lipinski definition) is 14. The normalized spacial score (nSPS) is 20.4. The first kappa shape index (κ1) is 53.9. The number of aromatic nitrogens is 2. The average Bonchev–Trinajstić information content (AvgIpc) is 4.12. The molecule has 1 aliphatic carbocycles. The van der Waals surface area contributed by atoms with Gasteiger partial charge in [0.1, 0.15) is 17.5 Å².